The van der Waals surface area contributed by atoms with Gasteiger partial charge < -0.3 is 15.2 Å². The fourth-order valence-electron chi connectivity index (χ4n) is 1.33. The molecular weight excluding hydrogens is 261 g/mol. The van der Waals surface area contributed by atoms with Crippen molar-refractivity contribution in [3.63, 3.8) is 0 Å². The predicted molar refractivity (Wildman–Crippen MR) is 68.8 cm³/mol. The Morgan fingerprint density at radius 1 is 1.39 bits per heavy atom. The molecule has 0 aliphatic heterocycles. The van der Waals surface area contributed by atoms with E-state index in [2.05, 4.69) is 4.74 Å². The molecule has 6 heteroatoms. The maximum atomic E-state index is 13.0. The van der Waals surface area contributed by atoms with E-state index in [0.29, 0.717) is 18.9 Å². The third-order valence-corrected chi connectivity index (χ3v) is 2.20. The first-order valence-corrected chi connectivity index (χ1v) is 5.39. The number of ether oxygens (including phenoxy) is 2. The number of methoxy groups -OCH3 is 1. The number of carbonyl (C=O) groups excluding carboxylic acids is 1. The van der Waals surface area contributed by atoms with Gasteiger partial charge in [0, 0.05) is 0 Å². The highest BCUT2D eigenvalue weighted by Crippen LogP contribution is 2.20. The van der Waals surface area contributed by atoms with Crippen LogP contribution in [0.4, 0.5) is 4.39 Å². The molecule has 0 unspecified atom stereocenters. The smallest absolute Gasteiger partial charge is 0.341 e. The molecule has 0 saturated heterocycles. The lowest BCUT2D eigenvalue weighted by molar-refractivity contribution is 0.0595. The number of nitrogens with two attached hydrogens (primary N) is 1. The Bertz CT molecular complexity index is 388. The molecule has 0 amide bonds. The molecule has 4 nitrogen and oxygen atoms in total. The number of rotatable bonds is 6. The van der Waals surface area contributed by atoms with Crippen LogP contribution in [0.15, 0.2) is 18.2 Å². The molecule has 0 bridgehead atoms. The second-order valence-corrected chi connectivity index (χ2v) is 3.48. The van der Waals surface area contributed by atoms with E-state index < -0.39 is 11.8 Å². The molecule has 0 aliphatic carbocycles. The number of halogens is 2. The molecule has 2 N–H and O–H groups in total. The maximum Gasteiger partial charge on any atom is 0.341 e. The lowest BCUT2D eigenvalue weighted by atomic mass is 10.2. The molecule has 0 saturated carbocycles. The maximum absolute atomic E-state index is 13.0. The van der Waals surface area contributed by atoms with Gasteiger partial charge in [-0.2, -0.15) is 0 Å². The zero-order valence-electron chi connectivity index (χ0n) is 10.1. The number of hydrogen-bond donors (Lipinski definition) is 1. The highest BCUT2D eigenvalue weighted by molar-refractivity contribution is 5.92. The van der Waals surface area contributed by atoms with Crippen molar-refractivity contribution in [3.05, 3.63) is 29.6 Å². The van der Waals surface area contributed by atoms with Crippen LogP contribution in [0, 0.1) is 5.82 Å². The summed E-state index contributed by atoms with van der Waals surface area (Å²) in [6, 6.07) is 3.76. The summed E-state index contributed by atoms with van der Waals surface area (Å²) in [5.74, 6) is -0.784. The Balaban J connectivity index is 0.00000289. The Morgan fingerprint density at radius 3 is 2.72 bits per heavy atom. The van der Waals surface area contributed by atoms with Crippen molar-refractivity contribution in [2.24, 2.45) is 5.73 Å². The first-order chi connectivity index (χ1) is 8.19. The number of benzene rings is 1. The lowest BCUT2D eigenvalue weighted by Crippen LogP contribution is -2.08. The summed E-state index contributed by atoms with van der Waals surface area (Å²) in [6.07, 6.45) is 1.63. The Kier molecular flexibility index (Phi) is 8.07. The SMILES string of the molecule is COC(=O)c1cc(F)ccc1OCCCCN.Cl. The van der Waals surface area contributed by atoms with E-state index in [1.165, 1.54) is 19.2 Å². The molecule has 1 aromatic carbocycles. The van der Waals surface area contributed by atoms with E-state index >= 15 is 0 Å². The van der Waals surface area contributed by atoms with Gasteiger partial charge in [-0.15, -0.1) is 12.4 Å². The summed E-state index contributed by atoms with van der Waals surface area (Å²) < 4.78 is 23.0. The normalized spacial score (nSPS) is 9.50. The van der Waals surface area contributed by atoms with Crippen LogP contribution in [-0.2, 0) is 4.74 Å². The van der Waals surface area contributed by atoms with Crippen LogP contribution in [0.3, 0.4) is 0 Å². The molecule has 0 atom stereocenters. The van der Waals surface area contributed by atoms with E-state index in [1.54, 1.807) is 0 Å². The minimum absolute atomic E-state index is 0. The van der Waals surface area contributed by atoms with Gasteiger partial charge in [0.05, 0.1) is 13.7 Å². The van der Waals surface area contributed by atoms with Crippen LogP contribution in [0.5, 0.6) is 5.75 Å². The van der Waals surface area contributed by atoms with Gasteiger partial charge in [-0.25, -0.2) is 9.18 Å². The summed E-state index contributed by atoms with van der Waals surface area (Å²) in [5.41, 5.74) is 5.45. The monoisotopic (exact) mass is 277 g/mol. The predicted octanol–water partition coefficient (Wildman–Crippen LogP) is 2.15. The van der Waals surface area contributed by atoms with Gasteiger partial charge >= 0.3 is 5.97 Å². The lowest BCUT2D eigenvalue weighted by Gasteiger charge is -2.09. The van der Waals surface area contributed by atoms with Crippen LogP contribution in [0.25, 0.3) is 0 Å². The van der Waals surface area contributed by atoms with Crippen molar-refractivity contribution >= 4 is 18.4 Å². The van der Waals surface area contributed by atoms with Gasteiger partial charge in [0.2, 0.25) is 0 Å². The Hall–Kier alpha value is -1.33. The van der Waals surface area contributed by atoms with Gasteiger partial charge in [-0.05, 0) is 37.6 Å². The van der Waals surface area contributed by atoms with Gasteiger partial charge in [0.1, 0.15) is 17.1 Å². The Morgan fingerprint density at radius 2 is 2.11 bits per heavy atom. The molecule has 1 rings (SSSR count). The number of hydrogen-bond acceptors (Lipinski definition) is 4. The van der Waals surface area contributed by atoms with E-state index in [0.717, 1.165) is 18.9 Å². The van der Waals surface area contributed by atoms with Crippen molar-refractivity contribution < 1.29 is 18.7 Å². The third kappa shape index (κ3) is 4.89. The minimum Gasteiger partial charge on any atom is -0.493 e. The van der Waals surface area contributed by atoms with E-state index in [9.17, 15) is 9.18 Å². The summed E-state index contributed by atoms with van der Waals surface area (Å²) in [4.78, 5) is 11.4. The number of carbonyl (C=O) groups is 1. The fraction of sp³-hybridized carbons (Fsp3) is 0.417. The largest absolute Gasteiger partial charge is 0.493 e. The number of esters is 1. The zero-order valence-corrected chi connectivity index (χ0v) is 11.0. The Labute approximate surface area is 112 Å². The molecule has 1 aromatic rings. The second-order valence-electron chi connectivity index (χ2n) is 3.48. The first kappa shape index (κ1) is 16.7. The van der Waals surface area contributed by atoms with E-state index in [1.807, 2.05) is 0 Å². The average Bonchev–Trinajstić information content (AvgIpc) is 2.35. The molecule has 102 valence electrons. The van der Waals surface area contributed by atoms with Crippen molar-refractivity contribution in [2.45, 2.75) is 12.8 Å². The summed E-state index contributed by atoms with van der Waals surface area (Å²) in [6.45, 7) is 1.03. The topological polar surface area (TPSA) is 61.5 Å². The molecule has 0 heterocycles. The zero-order chi connectivity index (χ0) is 12.7. The summed E-state index contributed by atoms with van der Waals surface area (Å²) in [7, 11) is 1.24. The molecule has 0 aromatic heterocycles. The molecule has 0 radical (unpaired) electrons. The van der Waals surface area contributed by atoms with Crippen molar-refractivity contribution in [3.8, 4) is 5.75 Å². The van der Waals surface area contributed by atoms with Crippen LogP contribution >= 0.6 is 12.4 Å². The molecular formula is C12H17ClFNO3. The minimum atomic E-state index is -0.613. The van der Waals surface area contributed by atoms with Gasteiger partial charge in [0.15, 0.2) is 0 Å². The average molecular weight is 278 g/mol. The quantitative estimate of drug-likeness (QED) is 0.639. The third-order valence-electron chi connectivity index (χ3n) is 2.20. The van der Waals surface area contributed by atoms with Crippen LogP contribution in [-0.4, -0.2) is 26.2 Å². The fourth-order valence-corrected chi connectivity index (χ4v) is 1.33. The highest BCUT2D eigenvalue weighted by Gasteiger charge is 2.14. The second kappa shape index (κ2) is 8.72. The van der Waals surface area contributed by atoms with Gasteiger partial charge in [-0.1, -0.05) is 0 Å². The molecule has 18 heavy (non-hydrogen) atoms. The highest BCUT2D eigenvalue weighted by atomic mass is 35.5. The summed E-state index contributed by atoms with van der Waals surface area (Å²) in [5, 5.41) is 0. The first-order valence-electron chi connectivity index (χ1n) is 5.39. The van der Waals surface area contributed by atoms with E-state index in [-0.39, 0.29) is 18.0 Å². The van der Waals surface area contributed by atoms with Gasteiger partial charge in [-0.3, -0.25) is 0 Å². The van der Waals surface area contributed by atoms with Crippen LogP contribution in [0.1, 0.15) is 23.2 Å². The standard InChI is InChI=1S/C12H16FNO3.ClH/c1-16-12(15)10-8-9(13)4-5-11(10)17-7-3-2-6-14;/h4-5,8H,2-3,6-7,14H2,1H3;1H. The van der Waals surface area contributed by atoms with Crippen LogP contribution in [0.2, 0.25) is 0 Å². The van der Waals surface area contributed by atoms with E-state index in [4.69, 9.17) is 10.5 Å². The van der Waals surface area contributed by atoms with Crippen molar-refractivity contribution in [1.82, 2.24) is 0 Å². The summed E-state index contributed by atoms with van der Waals surface area (Å²) >= 11 is 0. The van der Waals surface area contributed by atoms with Crippen molar-refractivity contribution in [2.75, 3.05) is 20.3 Å². The molecule has 0 spiro atoms. The van der Waals surface area contributed by atoms with Gasteiger partial charge in [0.25, 0.3) is 0 Å². The van der Waals surface area contributed by atoms with Crippen LogP contribution < -0.4 is 10.5 Å². The van der Waals surface area contributed by atoms with Crippen molar-refractivity contribution in [1.29, 1.82) is 0 Å². The number of unbranched alkanes of at least 4 members (excludes halogenated alkanes) is 1. The molecule has 0 aliphatic rings. The molecule has 0 fully saturated rings.